The van der Waals surface area contributed by atoms with Gasteiger partial charge in [0, 0.05) is 5.02 Å². The Morgan fingerprint density at radius 2 is 1.89 bits per heavy atom. The van der Waals surface area contributed by atoms with Crippen LogP contribution in [-0.4, -0.2) is 18.0 Å². The summed E-state index contributed by atoms with van der Waals surface area (Å²) in [5, 5.41) is 6.85. The molecule has 4 heteroatoms. The normalized spacial score (nSPS) is 13.2. The van der Waals surface area contributed by atoms with Crippen molar-refractivity contribution in [1.82, 2.24) is 10.6 Å². The van der Waals surface area contributed by atoms with Crippen LogP contribution < -0.4 is 10.6 Å². The highest BCUT2D eigenvalue weighted by Gasteiger charge is 2.27. The van der Waals surface area contributed by atoms with E-state index in [1.165, 1.54) is 0 Å². The van der Waals surface area contributed by atoms with Crippen molar-refractivity contribution in [3.8, 4) is 0 Å². The van der Waals surface area contributed by atoms with E-state index in [1.807, 2.05) is 52.0 Å². The molecule has 1 aromatic rings. The van der Waals surface area contributed by atoms with E-state index in [2.05, 4.69) is 10.6 Å². The molecule has 2 N–H and O–H groups in total. The van der Waals surface area contributed by atoms with Gasteiger partial charge < -0.3 is 10.6 Å². The van der Waals surface area contributed by atoms with Gasteiger partial charge in [0.25, 0.3) is 0 Å². The van der Waals surface area contributed by atoms with Crippen LogP contribution in [0.4, 0.5) is 0 Å². The van der Waals surface area contributed by atoms with Crippen molar-refractivity contribution in [3.63, 3.8) is 0 Å². The van der Waals surface area contributed by atoms with Crippen LogP contribution in [0.1, 0.15) is 39.3 Å². The van der Waals surface area contributed by atoms with Gasteiger partial charge in [0.2, 0.25) is 5.91 Å². The van der Waals surface area contributed by atoms with Crippen molar-refractivity contribution in [3.05, 3.63) is 34.9 Å². The van der Waals surface area contributed by atoms with Gasteiger partial charge in [-0.05, 0) is 45.0 Å². The van der Waals surface area contributed by atoms with Crippen molar-refractivity contribution in [2.75, 3.05) is 6.54 Å². The molecule has 0 saturated heterocycles. The van der Waals surface area contributed by atoms with E-state index in [-0.39, 0.29) is 11.9 Å². The molecule has 0 aliphatic rings. The molecule has 0 aliphatic carbocycles. The molecule has 0 spiro atoms. The van der Waals surface area contributed by atoms with E-state index < -0.39 is 5.54 Å². The molecule has 1 atom stereocenters. The van der Waals surface area contributed by atoms with Crippen molar-refractivity contribution < 1.29 is 4.79 Å². The number of nitrogens with one attached hydrogen (secondary N) is 2. The third-order valence-electron chi connectivity index (χ3n) is 2.90. The van der Waals surface area contributed by atoms with Crippen LogP contribution in [-0.2, 0) is 4.79 Å². The van der Waals surface area contributed by atoms with Crippen molar-refractivity contribution >= 4 is 17.5 Å². The van der Waals surface area contributed by atoms with Gasteiger partial charge in [-0.3, -0.25) is 4.79 Å². The lowest BCUT2D eigenvalue weighted by atomic mass is 10.0. The SMILES string of the molecule is CCNC(C)(C)C(=O)N[C@@H](C)c1ccc(Cl)cc1. The van der Waals surface area contributed by atoms with Crippen molar-refractivity contribution in [1.29, 1.82) is 0 Å². The number of benzene rings is 1. The fraction of sp³-hybridized carbons (Fsp3) is 0.500. The highest BCUT2D eigenvalue weighted by atomic mass is 35.5. The van der Waals surface area contributed by atoms with Crippen LogP contribution in [0.5, 0.6) is 0 Å². The summed E-state index contributed by atoms with van der Waals surface area (Å²) < 4.78 is 0. The van der Waals surface area contributed by atoms with Gasteiger partial charge >= 0.3 is 0 Å². The highest BCUT2D eigenvalue weighted by Crippen LogP contribution is 2.17. The summed E-state index contributed by atoms with van der Waals surface area (Å²) in [5.74, 6) is -0.00759. The molecule has 100 valence electrons. The molecule has 0 unspecified atom stereocenters. The van der Waals surface area contributed by atoms with Crippen LogP contribution in [0.2, 0.25) is 5.02 Å². The average molecular weight is 269 g/mol. The summed E-state index contributed by atoms with van der Waals surface area (Å²) in [6.07, 6.45) is 0. The molecular weight excluding hydrogens is 248 g/mol. The van der Waals surface area contributed by atoms with Crippen LogP contribution in [0.15, 0.2) is 24.3 Å². The fourth-order valence-corrected chi connectivity index (χ4v) is 1.86. The lowest BCUT2D eigenvalue weighted by molar-refractivity contribution is -0.127. The number of likely N-dealkylation sites (N-methyl/N-ethyl adjacent to an activating group) is 1. The van der Waals surface area contributed by atoms with Gasteiger partial charge in [-0.2, -0.15) is 0 Å². The average Bonchev–Trinajstić information content (AvgIpc) is 2.29. The molecule has 0 fully saturated rings. The maximum atomic E-state index is 12.1. The third-order valence-corrected chi connectivity index (χ3v) is 3.16. The molecule has 0 saturated carbocycles. The van der Waals surface area contributed by atoms with Gasteiger partial charge in [-0.25, -0.2) is 0 Å². The fourth-order valence-electron chi connectivity index (χ4n) is 1.73. The Balaban J connectivity index is 2.67. The summed E-state index contributed by atoms with van der Waals surface area (Å²) in [5.41, 5.74) is 0.482. The number of carbonyl (C=O) groups is 1. The smallest absolute Gasteiger partial charge is 0.240 e. The zero-order chi connectivity index (χ0) is 13.8. The molecule has 1 amide bonds. The second kappa shape index (κ2) is 6.21. The van der Waals surface area contributed by atoms with E-state index >= 15 is 0 Å². The molecule has 0 radical (unpaired) electrons. The second-order valence-electron chi connectivity index (χ2n) is 4.90. The first-order valence-electron chi connectivity index (χ1n) is 6.18. The Morgan fingerprint density at radius 3 is 2.39 bits per heavy atom. The number of hydrogen-bond donors (Lipinski definition) is 2. The molecule has 1 aromatic carbocycles. The summed E-state index contributed by atoms with van der Waals surface area (Å²) in [6.45, 7) is 8.46. The van der Waals surface area contributed by atoms with Crippen molar-refractivity contribution in [2.45, 2.75) is 39.3 Å². The monoisotopic (exact) mass is 268 g/mol. The molecule has 18 heavy (non-hydrogen) atoms. The zero-order valence-electron chi connectivity index (χ0n) is 11.4. The number of halogens is 1. The number of rotatable bonds is 5. The topological polar surface area (TPSA) is 41.1 Å². The summed E-state index contributed by atoms with van der Waals surface area (Å²) in [4.78, 5) is 12.1. The maximum Gasteiger partial charge on any atom is 0.240 e. The minimum atomic E-state index is -0.560. The summed E-state index contributed by atoms with van der Waals surface area (Å²) >= 11 is 5.84. The van der Waals surface area contributed by atoms with Crippen LogP contribution in [0, 0.1) is 0 Å². The molecule has 0 bridgehead atoms. The lowest BCUT2D eigenvalue weighted by Crippen LogP contribution is -2.52. The predicted molar refractivity (Wildman–Crippen MR) is 75.8 cm³/mol. The molecule has 1 rings (SSSR count). The van der Waals surface area contributed by atoms with Crippen molar-refractivity contribution in [2.24, 2.45) is 0 Å². The Morgan fingerprint density at radius 1 is 1.33 bits per heavy atom. The summed E-state index contributed by atoms with van der Waals surface area (Å²) in [6, 6.07) is 7.47. The Labute approximate surface area is 114 Å². The molecular formula is C14H21ClN2O. The lowest BCUT2D eigenvalue weighted by Gasteiger charge is -2.27. The van der Waals surface area contributed by atoms with Crippen LogP contribution in [0.25, 0.3) is 0 Å². The second-order valence-corrected chi connectivity index (χ2v) is 5.34. The van der Waals surface area contributed by atoms with E-state index in [0.29, 0.717) is 5.02 Å². The highest BCUT2D eigenvalue weighted by molar-refractivity contribution is 6.30. The molecule has 0 aromatic heterocycles. The van der Waals surface area contributed by atoms with E-state index in [4.69, 9.17) is 11.6 Å². The van der Waals surface area contributed by atoms with Gasteiger partial charge in [0.1, 0.15) is 0 Å². The van der Waals surface area contributed by atoms with E-state index in [0.717, 1.165) is 12.1 Å². The van der Waals surface area contributed by atoms with Crippen LogP contribution >= 0.6 is 11.6 Å². The quantitative estimate of drug-likeness (QED) is 0.862. The van der Waals surface area contributed by atoms with Gasteiger partial charge in [-0.15, -0.1) is 0 Å². The third kappa shape index (κ3) is 4.00. The molecule has 0 heterocycles. The number of hydrogen-bond acceptors (Lipinski definition) is 2. The Hall–Kier alpha value is -1.06. The molecule has 3 nitrogen and oxygen atoms in total. The van der Waals surface area contributed by atoms with Crippen LogP contribution in [0.3, 0.4) is 0 Å². The summed E-state index contributed by atoms with van der Waals surface area (Å²) in [7, 11) is 0. The standard InChI is InChI=1S/C14H21ClN2O/c1-5-16-14(3,4)13(18)17-10(2)11-6-8-12(15)9-7-11/h6-10,16H,5H2,1-4H3,(H,17,18)/t10-/m0/s1. The van der Waals surface area contributed by atoms with E-state index in [1.54, 1.807) is 0 Å². The van der Waals surface area contributed by atoms with Gasteiger partial charge in [0.15, 0.2) is 0 Å². The first-order chi connectivity index (χ1) is 8.36. The van der Waals surface area contributed by atoms with E-state index in [9.17, 15) is 4.79 Å². The first kappa shape index (κ1) is 15.0. The maximum absolute atomic E-state index is 12.1. The number of carbonyl (C=O) groups excluding carboxylic acids is 1. The largest absolute Gasteiger partial charge is 0.348 e. The Kier molecular flexibility index (Phi) is 5.17. The minimum Gasteiger partial charge on any atom is -0.348 e. The first-order valence-corrected chi connectivity index (χ1v) is 6.56. The zero-order valence-corrected chi connectivity index (χ0v) is 12.1. The number of amides is 1. The molecule has 0 aliphatic heterocycles. The minimum absolute atomic E-state index is 0.00759. The Bertz CT molecular complexity index is 401. The predicted octanol–water partition coefficient (Wildman–Crippen LogP) is 2.91. The van der Waals surface area contributed by atoms with Gasteiger partial charge in [-0.1, -0.05) is 30.7 Å². The van der Waals surface area contributed by atoms with Gasteiger partial charge in [0.05, 0.1) is 11.6 Å².